The number of hydrogen-bond donors (Lipinski definition) is 0. The van der Waals surface area contributed by atoms with E-state index in [4.69, 9.17) is 62.5 Å². The summed E-state index contributed by atoms with van der Waals surface area (Å²) in [6, 6.07) is 118. The lowest BCUT2D eigenvalue weighted by molar-refractivity contribution is 0.658. The Balaban J connectivity index is 0.000000107. The van der Waals surface area contributed by atoms with Gasteiger partial charge in [0.2, 0.25) is 0 Å². The maximum absolute atomic E-state index is 6.32. The van der Waals surface area contributed by atoms with Crippen LogP contribution in [0.15, 0.2) is 370 Å². The summed E-state index contributed by atoms with van der Waals surface area (Å²) in [6.45, 7) is 13.8. The van der Waals surface area contributed by atoms with E-state index in [0.29, 0.717) is 58.1 Å². The standard InChI is InChI=1S/C42H27N3O2.C36H25N3O.C35H24N4O/c1-42(2)33-22-32-27-14-7-9-18-35(27)47-37(32)23-30(33)28-15-10-16-29(38(28)42)41-44-39(24-11-4-3-5-12-24)43-40(45-41)25-19-20-36-31(21-25)26-13-6-8-17-34(26)46-36;1-36(2)29-20-28-24-16-9-10-19-30(24)40-31(28)21-27(29)25-17-11-18-26(32(25)36)35-38-33(22-12-5-3-6-13-22)37-34(39-35)23-14-7-4-8-15-23;1-35(2)27-19-26-22-13-6-7-17-29(22)40-30(26)20-25(27)23-14-10-15-24(31(23)35)33-37-32(21-11-4-3-5-12-21)38-34(39-33)28-16-8-9-18-36-28/h3-23H,1-2H3;3-21H,1-2H3;3-20H,1-2H3. The minimum Gasteiger partial charge on any atom is -0.456 e. The topological polar surface area (TPSA) is 181 Å². The van der Waals surface area contributed by atoms with E-state index < -0.39 is 0 Å². The van der Waals surface area contributed by atoms with E-state index >= 15 is 0 Å². The predicted molar refractivity (Wildman–Crippen MR) is 508 cm³/mol. The molecule has 0 atom stereocenters. The monoisotopic (exact) mass is 1640 g/mol. The van der Waals surface area contributed by atoms with Crippen LogP contribution in [-0.2, 0) is 16.2 Å². The summed E-state index contributed by atoms with van der Waals surface area (Å²) in [7, 11) is 0. The number of nitrogens with zero attached hydrogens (tertiary/aromatic N) is 10. The maximum Gasteiger partial charge on any atom is 0.182 e. The Morgan fingerprint density at radius 1 is 0.181 bits per heavy atom. The normalized spacial score (nSPS) is 13.5. The van der Waals surface area contributed by atoms with Gasteiger partial charge in [0.25, 0.3) is 0 Å². The van der Waals surface area contributed by atoms with Gasteiger partial charge in [0.15, 0.2) is 52.4 Å². The smallest absolute Gasteiger partial charge is 0.182 e. The number of benzene rings is 15. The molecule has 14 nitrogen and oxygen atoms in total. The number of aromatic nitrogens is 10. The van der Waals surface area contributed by atoms with E-state index in [-0.39, 0.29) is 16.2 Å². The van der Waals surface area contributed by atoms with Crippen LogP contribution in [-0.4, -0.2) is 49.8 Å². The second-order valence-electron chi connectivity index (χ2n) is 34.4. The van der Waals surface area contributed by atoms with Crippen LogP contribution in [0, 0.1) is 0 Å². The van der Waals surface area contributed by atoms with Gasteiger partial charge in [-0.1, -0.05) is 296 Å². The Bertz CT molecular complexity index is 8010. The molecule has 26 rings (SSSR count). The summed E-state index contributed by atoms with van der Waals surface area (Å²) >= 11 is 0. The van der Waals surface area contributed by atoms with Crippen molar-refractivity contribution < 1.29 is 17.7 Å². The Labute approximate surface area is 729 Å². The molecule has 0 radical (unpaired) electrons. The summed E-state index contributed by atoms with van der Waals surface area (Å²) in [5.41, 5.74) is 29.4. The van der Waals surface area contributed by atoms with Crippen molar-refractivity contribution in [3.05, 3.63) is 385 Å². The van der Waals surface area contributed by atoms with Crippen molar-refractivity contribution in [1.82, 2.24) is 49.8 Å². The number of rotatable bonds is 9. The van der Waals surface area contributed by atoms with Crippen molar-refractivity contribution in [2.24, 2.45) is 0 Å². The number of para-hydroxylation sites is 4. The number of furan rings is 4. The van der Waals surface area contributed by atoms with Gasteiger partial charge in [0.05, 0.1) is 0 Å². The molecule has 0 saturated carbocycles. The van der Waals surface area contributed by atoms with Gasteiger partial charge in [-0.3, -0.25) is 4.98 Å². The average Bonchev–Trinajstić information content (AvgIpc) is 1.56. The zero-order valence-corrected chi connectivity index (χ0v) is 70.1. The van der Waals surface area contributed by atoms with Gasteiger partial charge in [0.1, 0.15) is 50.4 Å². The molecule has 0 unspecified atom stereocenters. The van der Waals surface area contributed by atoms with Gasteiger partial charge < -0.3 is 17.7 Å². The van der Waals surface area contributed by atoms with Crippen LogP contribution in [0.3, 0.4) is 0 Å². The van der Waals surface area contributed by atoms with E-state index in [2.05, 4.69) is 186 Å². The second-order valence-corrected chi connectivity index (χ2v) is 34.4. The third-order valence-electron chi connectivity index (χ3n) is 25.8. The molecule has 127 heavy (non-hydrogen) atoms. The van der Waals surface area contributed by atoms with Gasteiger partial charge in [0, 0.05) is 110 Å². The molecule has 0 aliphatic heterocycles. The third kappa shape index (κ3) is 12.2. The highest BCUT2D eigenvalue weighted by Gasteiger charge is 2.43. The summed E-state index contributed by atoms with van der Waals surface area (Å²) < 4.78 is 25.0. The van der Waals surface area contributed by atoms with Gasteiger partial charge in [-0.05, 0) is 158 Å². The minimum atomic E-state index is -0.303. The molecule has 23 aromatic rings. The van der Waals surface area contributed by atoms with E-state index in [0.717, 1.165) is 132 Å². The van der Waals surface area contributed by atoms with Gasteiger partial charge >= 0.3 is 0 Å². The first-order valence-electron chi connectivity index (χ1n) is 42.8. The highest BCUT2D eigenvalue weighted by Crippen LogP contribution is 2.58. The second kappa shape index (κ2) is 28.9. The Hall–Kier alpha value is -16.3. The molecular weight excluding hydrogens is 1560 g/mol. The van der Waals surface area contributed by atoms with Crippen LogP contribution in [0.1, 0.15) is 74.9 Å². The lowest BCUT2D eigenvalue weighted by Gasteiger charge is -2.24. The van der Waals surface area contributed by atoms with Crippen LogP contribution in [0.4, 0.5) is 0 Å². The zero-order chi connectivity index (χ0) is 85.0. The molecule has 3 aliphatic rings. The van der Waals surface area contributed by atoms with Crippen LogP contribution in [0.5, 0.6) is 0 Å². The van der Waals surface area contributed by atoms with Crippen LogP contribution < -0.4 is 0 Å². The fraction of sp³-hybridized carbons (Fsp3) is 0.0796. The largest absolute Gasteiger partial charge is 0.456 e. The fourth-order valence-corrected chi connectivity index (χ4v) is 19.8. The first-order chi connectivity index (χ1) is 62.2. The lowest BCUT2D eigenvalue weighted by atomic mass is 9.79. The summed E-state index contributed by atoms with van der Waals surface area (Å²) in [5.74, 6) is 5.74. The van der Waals surface area contributed by atoms with Crippen molar-refractivity contribution in [3.63, 3.8) is 0 Å². The highest BCUT2D eigenvalue weighted by molar-refractivity contribution is 6.11. The predicted octanol–water partition coefficient (Wildman–Crippen LogP) is 28.5. The molecular formula is C113H76N10O4. The summed E-state index contributed by atoms with van der Waals surface area (Å²) in [5, 5.41) is 8.94. The fourth-order valence-electron chi connectivity index (χ4n) is 19.8. The van der Waals surface area contributed by atoms with Gasteiger partial charge in [-0.15, -0.1) is 0 Å². The molecule has 14 heteroatoms. The molecule has 0 bridgehead atoms. The van der Waals surface area contributed by atoms with E-state index in [9.17, 15) is 0 Å². The molecule has 0 fully saturated rings. The molecule has 602 valence electrons. The van der Waals surface area contributed by atoms with Crippen molar-refractivity contribution in [2.45, 2.75) is 57.8 Å². The van der Waals surface area contributed by atoms with Crippen molar-refractivity contribution in [1.29, 1.82) is 0 Å². The van der Waals surface area contributed by atoms with E-state index in [1.165, 1.54) is 66.8 Å². The third-order valence-corrected chi connectivity index (χ3v) is 25.8. The Kier molecular flexibility index (Phi) is 17.0. The minimum absolute atomic E-state index is 0.264. The molecule has 0 N–H and O–H groups in total. The van der Waals surface area contributed by atoms with Crippen molar-refractivity contribution in [3.8, 4) is 136 Å². The lowest BCUT2D eigenvalue weighted by Crippen LogP contribution is -2.17. The van der Waals surface area contributed by atoms with Crippen LogP contribution in [0.2, 0.25) is 0 Å². The summed E-state index contributed by atoms with van der Waals surface area (Å²) in [4.78, 5) is 49.7. The van der Waals surface area contributed by atoms with E-state index in [1.807, 2.05) is 206 Å². The summed E-state index contributed by atoms with van der Waals surface area (Å²) in [6.07, 6.45) is 1.76. The molecule has 0 amide bonds. The number of fused-ring (bicyclic) bond motifs is 21. The molecule has 0 spiro atoms. The van der Waals surface area contributed by atoms with Gasteiger partial charge in [-0.25, -0.2) is 44.9 Å². The SMILES string of the molecule is CC1(C)c2cc3c(cc2-c2cccc(-c4nc(-c5ccccc5)nc(-c5ccc6oc7ccccc7c6c5)n4)c21)oc1ccccc13.CC1(C)c2cc3c(cc2-c2cccc(-c4nc(-c5ccccc5)nc(-c5ccccc5)n4)c21)oc1ccccc13.CC1(C)c2cc3c(cc2-c2cccc(-c4nc(-c5ccccc5)nc(-c5ccccn5)n4)c21)oc1ccccc13. The molecule has 8 heterocycles. The zero-order valence-electron chi connectivity index (χ0n) is 70.1. The van der Waals surface area contributed by atoms with Gasteiger partial charge in [-0.2, -0.15) is 0 Å². The van der Waals surface area contributed by atoms with Crippen molar-refractivity contribution in [2.75, 3.05) is 0 Å². The quantitative estimate of drug-likeness (QED) is 0.133. The van der Waals surface area contributed by atoms with Crippen molar-refractivity contribution >= 4 is 87.8 Å². The van der Waals surface area contributed by atoms with Crippen LogP contribution in [0.25, 0.3) is 224 Å². The Morgan fingerprint density at radius 2 is 0.449 bits per heavy atom. The highest BCUT2D eigenvalue weighted by atomic mass is 16.3. The molecule has 0 saturated heterocycles. The molecule has 8 aromatic heterocycles. The molecule has 3 aliphatic carbocycles. The van der Waals surface area contributed by atoms with E-state index in [1.54, 1.807) is 6.20 Å². The molecule has 15 aromatic carbocycles. The Morgan fingerprint density at radius 3 is 0.787 bits per heavy atom. The first kappa shape index (κ1) is 74.5. The number of hydrogen-bond acceptors (Lipinski definition) is 14. The number of pyridine rings is 1. The average molecular weight is 1640 g/mol. The maximum atomic E-state index is 6.32. The first-order valence-corrected chi connectivity index (χ1v) is 42.8. The van der Waals surface area contributed by atoms with Crippen LogP contribution >= 0.6 is 0 Å².